The molecule has 1 aliphatic rings. The molecule has 2 aromatic carbocycles. The van der Waals surface area contributed by atoms with Crippen LogP contribution in [0.4, 0.5) is 11.5 Å². The van der Waals surface area contributed by atoms with E-state index in [9.17, 15) is 15.2 Å². The normalized spacial score (nSPS) is 13.5. The monoisotopic (exact) mass is 590 g/mol. The van der Waals surface area contributed by atoms with E-state index in [1.807, 2.05) is 19.1 Å². The van der Waals surface area contributed by atoms with Crippen molar-refractivity contribution in [3.05, 3.63) is 76.0 Å². The molecule has 4 rings (SSSR count). The SMILES string of the molecule is CC#N.CCCCOc1ncc([N+](=O)[O-])c(N(Cc2ccc(-c3cccc(CN4CCCC4)c3)cc2)CC(O)OCC)n1. The van der Waals surface area contributed by atoms with Gasteiger partial charge in [-0.25, -0.2) is 0 Å². The van der Waals surface area contributed by atoms with Crippen LogP contribution in [0.3, 0.4) is 0 Å². The van der Waals surface area contributed by atoms with Crippen molar-refractivity contribution in [1.29, 1.82) is 5.26 Å². The van der Waals surface area contributed by atoms with Crippen molar-refractivity contribution in [3.63, 3.8) is 0 Å². The van der Waals surface area contributed by atoms with Gasteiger partial charge in [0.1, 0.15) is 6.20 Å². The van der Waals surface area contributed by atoms with Gasteiger partial charge in [0.05, 0.1) is 24.1 Å². The van der Waals surface area contributed by atoms with Crippen LogP contribution in [0.15, 0.2) is 54.7 Å². The third kappa shape index (κ3) is 10.6. The molecule has 1 fully saturated rings. The number of hydrogen-bond acceptors (Lipinski definition) is 10. The van der Waals surface area contributed by atoms with Crippen LogP contribution in [0.2, 0.25) is 0 Å². The number of nitrogens with zero attached hydrogens (tertiary/aromatic N) is 6. The molecular formula is C32H42N6O5. The van der Waals surface area contributed by atoms with E-state index in [0.717, 1.165) is 55.4 Å². The van der Waals surface area contributed by atoms with Gasteiger partial charge in [-0.15, -0.1) is 0 Å². The van der Waals surface area contributed by atoms with Crippen LogP contribution in [0.5, 0.6) is 6.01 Å². The molecule has 0 radical (unpaired) electrons. The summed E-state index contributed by atoms with van der Waals surface area (Å²) >= 11 is 0. The predicted molar refractivity (Wildman–Crippen MR) is 165 cm³/mol. The van der Waals surface area contributed by atoms with Crippen LogP contribution in [0.25, 0.3) is 11.1 Å². The van der Waals surface area contributed by atoms with Gasteiger partial charge in [0.2, 0.25) is 5.82 Å². The first-order valence-electron chi connectivity index (χ1n) is 14.8. The second-order valence-electron chi connectivity index (χ2n) is 10.2. The van der Waals surface area contributed by atoms with E-state index < -0.39 is 11.2 Å². The second kappa shape index (κ2) is 17.8. The van der Waals surface area contributed by atoms with Crippen LogP contribution in [0, 0.1) is 21.4 Å². The highest BCUT2D eigenvalue weighted by Crippen LogP contribution is 2.29. The lowest BCUT2D eigenvalue weighted by Gasteiger charge is -2.26. The number of nitro groups is 1. The first kappa shape index (κ1) is 33.4. The Bertz CT molecular complexity index is 1320. The number of hydrogen-bond donors (Lipinski definition) is 1. The molecule has 0 amide bonds. The maximum Gasteiger partial charge on any atom is 0.329 e. The van der Waals surface area contributed by atoms with Gasteiger partial charge >= 0.3 is 11.7 Å². The van der Waals surface area contributed by atoms with Gasteiger partial charge in [-0.3, -0.25) is 15.0 Å². The van der Waals surface area contributed by atoms with Gasteiger partial charge in [0, 0.05) is 26.6 Å². The minimum absolute atomic E-state index is 0.0135. The number of likely N-dealkylation sites (tertiary alicyclic amines) is 1. The van der Waals surface area contributed by atoms with E-state index >= 15 is 0 Å². The second-order valence-corrected chi connectivity index (χ2v) is 10.2. The molecule has 43 heavy (non-hydrogen) atoms. The van der Waals surface area contributed by atoms with Crippen molar-refractivity contribution in [2.24, 2.45) is 0 Å². The van der Waals surface area contributed by atoms with Crippen LogP contribution in [-0.2, 0) is 17.8 Å². The van der Waals surface area contributed by atoms with Gasteiger partial charge < -0.3 is 19.5 Å². The molecule has 2 heterocycles. The van der Waals surface area contributed by atoms with Crippen LogP contribution in [-0.4, -0.2) is 64.0 Å². The van der Waals surface area contributed by atoms with Crippen molar-refractivity contribution in [2.45, 2.75) is 65.8 Å². The number of aromatic nitrogens is 2. The van der Waals surface area contributed by atoms with Gasteiger partial charge in [0.15, 0.2) is 6.29 Å². The fourth-order valence-corrected chi connectivity index (χ4v) is 4.82. The summed E-state index contributed by atoms with van der Waals surface area (Å²) in [6.07, 6.45) is 4.29. The highest BCUT2D eigenvalue weighted by molar-refractivity contribution is 5.65. The zero-order chi connectivity index (χ0) is 31.0. The number of rotatable bonds is 15. The van der Waals surface area contributed by atoms with Crippen LogP contribution >= 0.6 is 0 Å². The number of ether oxygens (including phenoxy) is 2. The topological polar surface area (TPSA) is 138 Å². The number of unbranched alkanes of at least 4 members (excludes halogenated alkanes) is 1. The Morgan fingerprint density at radius 2 is 1.86 bits per heavy atom. The fraction of sp³-hybridized carbons (Fsp3) is 0.469. The summed E-state index contributed by atoms with van der Waals surface area (Å²) < 4.78 is 11.0. The molecule has 1 saturated heterocycles. The Hall–Kier alpha value is -4.11. The summed E-state index contributed by atoms with van der Waals surface area (Å²) in [5, 5.41) is 29.6. The van der Waals surface area contributed by atoms with E-state index in [-0.39, 0.29) is 30.6 Å². The van der Waals surface area contributed by atoms with Gasteiger partial charge in [-0.2, -0.15) is 15.2 Å². The lowest BCUT2D eigenvalue weighted by atomic mass is 10.0. The maximum absolute atomic E-state index is 11.9. The standard InChI is InChI=1S/C30H39N5O5.C2H3N/c1-3-5-17-40-30-31-19-27(35(37)38)29(32-30)34(22-28(36)39-4-2)21-23-11-13-25(14-12-23)26-10-8-9-24(18-26)20-33-15-6-7-16-33;1-2-3/h8-14,18-19,28,36H,3-7,15-17,20-22H2,1-2H3;1H3. The molecule has 0 saturated carbocycles. The maximum atomic E-state index is 11.9. The Morgan fingerprint density at radius 3 is 2.51 bits per heavy atom. The molecule has 11 nitrogen and oxygen atoms in total. The number of anilines is 1. The lowest BCUT2D eigenvalue weighted by Crippen LogP contribution is -2.34. The highest BCUT2D eigenvalue weighted by atomic mass is 16.6. The molecule has 0 spiro atoms. The summed E-state index contributed by atoms with van der Waals surface area (Å²) in [7, 11) is 0. The molecule has 0 bridgehead atoms. The molecule has 1 N–H and O–H groups in total. The van der Waals surface area contributed by atoms with E-state index in [1.54, 1.807) is 17.9 Å². The Labute approximate surface area is 253 Å². The minimum Gasteiger partial charge on any atom is -0.463 e. The first-order chi connectivity index (χ1) is 20.9. The summed E-state index contributed by atoms with van der Waals surface area (Å²) in [5.74, 6) is 0.0731. The molecule has 1 aromatic heterocycles. The van der Waals surface area contributed by atoms with E-state index in [1.165, 1.54) is 25.3 Å². The Balaban J connectivity index is 0.00000162. The smallest absolute Gasteiger partial charge is 0.329 e. The molecule has 230 valence electrons. The zero-order valence-electron chi connectivity index (χ0n) is 25.3. The van der Waals surface area contributed by atoms with Crippen molar-refractivity contribution in [2.75, 3.05) is 37.7 Å². The quantitative estimate of drug-likeness (QED) is 0.101. The first-order valence-corrected chi connectivity index (χ1v) is 14.8. The average Bonchev–Trinajstić information content (AvgIpc) is 3.51. The van der Waals surface area contributed by atoms with Gasteiger partial charge in [-0.05, 0) is 67.6 Å². The molecule has 11 heteroatoms. The van der Waals surface area contributed by atoms with Crippen molar-refractivity contribution in [3.8, 4) is 23.2 Å². The highest BCUT2D eigenvalue weighted by Gasteiger charge is 2.26. The third-order valence-electron chi connectivity index (χ3n) is 6.88. The van der Waals surface area contributed by atoms with Crippen LogP contribution < -0.4 is 9.64 Å². The van der Waals surface area contributed by atoms with Crippen molar-refractivity contribution >= 4 is 11.5 Å². The summed E-state index contributed by atoms with van der Waals surface area (Å²) in [4.78, 5) is 23.9. The molecule has 3 aromatic rings. The molecule has 1 aliphatic heterocycles. The lowest BCUT2D eigenvalue weighted by molar-refractivity contribution is -0.384. The molecule has 1 unspecified atom stereocenters. The van der Waals surface area contributed by atoms with Gasteiger partial charge in [0.25, 0.3) is 0 Å². The number of aliphatic hydroxyl groups excluding tert-OH is 1. The third-order valence-corrected chi connectivity index (χ3v) is 6.88. The van der Waals surface area contributed by atoms with Gasteiger partial charge in [-0.1, -0.05) is 55.8 Å². The summed E-state index contributed by atoms with van der Waals surface area (Å²) in [5.41, 5.74) is 4.17. The summed E-state index contributed by atoms with van der Waals surface area (Å²) in [6.45, 7) is 9.50. The van der Waals surface area contributed by atoms with E-state index in [2.05, 4.69) is 51.3 Å². The fourth-order valence-electron chi connectivity index (χ4n) is 4.82. The molecule has 0 aliphatic carbocycles. The van der Waals surface area contributed by atoms with Crippen LogP contribution in [0.1, 0.15) is 57.6 Å². The zero-order valence-corrected chi connectivity index (χ0v) is 25.3. The number of aliphatic hydroxyl groups is 1. The predicted octanol–water partition coefficient (Wildman–Crippen LogP) is 5.72. The van der Waals surface area contributed by atoms with E-state index in [4.69, 9.17) is 14.7 Å². The molecular weight excluding hydrogens is 548 g/mol. The Kier molecular flexibility index (Phi) is 13.8. The Morgan fingerprint density at radius 1 is 1.14 bits per heavy atom. The number of nitriles is 1. The van der Waals surface area contributed by atoms with Crippen molar-refractivity contribution < 1.29 is 19.5 Å². The number of benzene rings is 2. The molecule has 1 atom stereocenters. The minimum atomic E-state index is -1.15. The summed E-state index contributed by atoms with van der Waals surface area (Å²) in [6, 6.07) is 18.5. The average molecular weight is 591 g/mol. The van der Waals surface area contributed by atoms with Crippen molar-refractivity contribution in [1.82, 2.24) is 14.9 Å². The largest absolute Gasteiger partial charge is 0.463 e. The van der Waals surface area contributed by atoms with E-state index in [0.29, 0.717) is 13.2 Å².